The van der Waals surface area contributed by atoms with Gasteiger partial charge in [0.05, 0.1) is 16.3 Å². The maximum atomic E-state index is 12.9. The second-order valence-electron chi connectivity index (χ2n) is 4.23. The van der Waals surface area contributed by atoms with Crippen LogP contribution in [-0.4, -0.2) is 23.2 Å². The van der Waals surface area contributed by atoms with Crippen molar-refractivity contribution in [3.63, 3.8) is 0 Å². The van der Waals surface area contributed by atoms with Crippen LogP contribution in [0.3, 0.4) is 0 Å². The fourth-order valence-corrected chi connectivity index (χ4v) is 2.52. The van der Waals surface area contributed by atoms with Crippen molar-refractivity contribution in [2.75, 3.05) is 5.32 Å². The molecule has 2 aromatic rings. The van der Waals surface area contributed by atoms with Crippen LogP contribution in [0.1, 0.15) is 6.92 Å². The number of carbonyl (C=O) groups is 1. The summed E-state index contributed by atoms with van der Waals surface area (Å²) in [5.41, 5.74) is 5.85. The Labute approximate surface area is 115 Å². The summed E-state index contributed by atoms with van der Waals surface area (Å²) < 4.78 is 35.1. The van der Waals surface area contributed by atoms with Crippen molar-refractivity contribution in [1.82, 2.24) is 4.98 Å². The Morgan fingerprint density at radius 1 is 1.45 bits per heavy atom. The number of aromatic nitrogens is 1. The number of nitrogens with two attached hydrogens (primary N) is 1. The number of nitrogens with zero attached hydrogens (tertiary/aromatic N) is 1. The van der Waals surface area contributed by atoms with Gasteiger partial charge in [0.1, 0.15) is 0 Å². The van der Waals surface area contributed by atoms with Gasteiger partial charge in [0.2, 0.25) is 5.91 Å². The zero-order valence-corrected chi connectivity index (χ0v) is 11.0. The van der Waals surface area contributed by atoms with Gasteiger partial charge in [-0.15, -0.1) is 8.78 Å². The Hall–Kier alpha value is -2.00. The van der Waals surface area contributed by atoms with Crippen molar-refractivity contribution in [2.45, 2.75) is 19.3 Å². The molecule has 2 heterocycles. The summed E-state index contributed by atoms with van der Waals surface area (Å²) in [5.74, 6) is -0.523. The van der Waals surface area contributed by atoms with Crippen molar-refractivity contribution in [3.8, 4) is 11.5 Å². The summed E-state index contributed by atoms with van der Waals surface area (Å²) in [4.78, 5) is 15.6. The molecule has 0 aliphatic carbocycles. The highest BCUT2D eigenvalue weighted by atomic mass is 32.1. The maximum absolute atomic E-state index is 12.9. The van der Waals surface area contributed by atoms with E-state index in [1.54, 1.807) is 6.92 Å². The monoisotopic (exact) mass is 301 g/mol. The predicted octanol–water partition coefficient (Wildman–Crippen LogP) is 1.90. The molecule has 0 saturated heterocycles. The number of halogens is 2. The number of anilines is 1. The molecule has 0 spiro atoms. The number of rotatable bonds is 2. The van der Waals surface area contributed by atoms with Crippen LogP contribution in [0.15, 0.2) is 12.1 Å². The number of carbonyl (C=O) groups excluding carboxylic acids is 1. The standard InChI is InChI=1S/C11H9F2N3O3S/c1-4(14)9(17)16-10-15-5-2-6-7(3-8(5)20-10)19-11(12,13)18-6/h2-4H,14H2,1H3,(H,15,16,17)/t4-/m1/s1. The Morgan fingerprint density at radius 2 is 2.10 bits per heavy atom. The van der Waals surface area contributed by atoms with Gasteiger partial charge in [-0.1, -0.05) is 11.3 Å². The van der Waals surface area contributed by atoms with Crippen LogP contribution in [0.4, 0.5) is 13.9 Å². The minimum Gasteiger partial charge on any atom is -0.395 e. The van der Waals surface area contributed by atoms with E-state index in [1.165, 1.54) is 12.1 Å². The molecule has 1 atom stereocenters. The molecule has 0 radical (unpaired) electrons. The number of hydrogen-bond donors (Lipinski definition) is 2. The average Bonchev–Trinajstić information content (AvgIpc) is 2.82. The maximum Gasteiger partial charge on any atom is 0.586 e. The highest BCUT2D eigenvalue weighted by Gasteiger charge is 2.43. The van der Waals surface area contributed by atoms with Crippen molar-refractivity contribution < 1.29 is 23.0 Å². The van der Waals surface area contributed by atoms with Crippen LogP contribution in [0.25, 0.3) is 10.2 Å². The number of hydrogen-bond acceptors (Lipinski definition) is 6. The summed E-state index contributed by atoms with van der Waals surface area (Å²) in [6, 6.07) is 2.06. The van der Waals surface area contributed by atoms with E-state index in [0.717, 1.165) is 11.3 Å². The summed E-state index contributed by atoms with van der Waals surface area (Å²) in [7, 11) is 0. The van der Waals surface area contributed by atoms with Crippen molar-refractivity contribution >= 4 is 32.6 Å². The molecule has 1 aromatic heterocycles. The zero-order chi connectivity index (χ0) is 14.5. The number of thiazole rings is 1. The third kappa shape index (κ3) is 2.25. The molecule has 106 valence electrons. The van der Waals surface area contributed by atoms with Gasteiger partial charge in [-0.2, -0.15) is 0 Å². The summed E-state index contributed by atoms with van der Waals surface area (Å²) in [5, 5.41) is 2.87. The third-order valence-corrected chi connectivity index (χ3v) is 3.49. The SMILES string of the molecule is C[C@@H](N)C(=O)Nc1nc2cc3c(cc2s1)OC(F)(F)O3. The van der Waals surface area contributed by atoms with E-state index in [9.17, 15) is 13.6 Å². The van der Waals surface area contributed by atoms with E-state index < -0.39 is 12.3 Å². The zero-order valence-electron chi connectivity index (χ0n) is 10.1. The molecule has 0 fully saturated rings. The van der Waals surface area contributed by atoms with Crippen LogP contribution >= 0.6 is 11.3 Å². The first kappa shape index (κ1) is 13.0. The molecule has 1 aliphatic rings. The van der Waals surface area contributed by atoms with Gasteiger partial charge in [-0.3, -0.25) is 4.79 Å². The van der Waals surface area contributed by atoms with E-state index in [1.807, 2.05) is 0 Å². The van der Waals surface area contributed by atoms with E-state index in [4.69, 9.17) is 5.73 Å². The molecular weight excluding hydrogens is 292 g/mol. The fourth-order valence-electron chi connectivity index (χ4n) is 1.65. The summed E-state index contributed by atoms with van der Waals surface area (Å²) >= 11 is 1.13. The molecule has 6 nitrogen and oxygen atoms in total. The largest absolute Gasteiger partial charge is 0.586 e. The number of benzene rings is 1. The van der Waals surface area contributed by atoms with E-state index in [-0.39, 0.29) is 17.4 Å². The molecule has 0 bridgehead atoms. The molecule has 3 N–H and O–H groups in total. The predicted molar refractivity (Wildman–Crippen MR) is 68.1 cm³/mol. The molecule has 9 heteroatoms. The smallest absolute Gasteiger partial charge is 0.395 e. The Morgan fingerprint density at radius 3 is 2.75 bits per heavy atom. The summed E-state index contributed by atoms with van der Waals surface area (Å²) in [6.45, 7) is 1.54. The quantitative estimate of drug-likeness (QED) is 0.884. The third-order valence-electron chi connectivity index (χ3n) is 2.56. The van der Waals surface area contributed by atoms with Gasteiger partial charge in [-0.05, 0) is 6.92 Å². The molecule has 0 unspecified atom stereocenters. The lowest BCUT2D eigenvalue weighted by atomic mass is 10.3. The van der Waals surface area contributed by atoms with Crippen LogP contribution in [0.2, 0.25) is 0 Å². The second-order valence-corrected chi connectivity index (χ2v) is 5.26. The van der Waals surface area contributed by atoms with Gasteiger partial charge in [0, 0.05) is 12.1 Å². The van der Waals surface area contributed by atoms with Crippen molar-refractivity contribution in [1.29, 1.82) is 0 Å². The molecule has 0 saturated carbocycles. The van der Waals surface area contributed by atoms with Gasteiger partial charge in [0.25, 0.3) is 0 Å². The second kappa shape index (κ2) is 4.25. The van der Waals surface area contributed by atoms with Crippen molar-refractivity contribution in [2.24, 2.45) is 5.73 Å². The Balaban J connectivity index is 1.93. The van der Waals surface area contributed by atoms with Crippen LogP contribution in [0.5, 0.6) is 11.5 Å². The highest BCUT2D eigenvalue weighted by Crippen LogP contribution is 2.44. The minimum atomic E-state index is -3.65. The van der Waals surface area contributed by atoms with Crippen LogP contribution < -0.4 is 20.5 Å². The Kier molecular flexibility index (Phi) is 2.76. The number of nitrogens with one attached hydrogen (secondary N) is 1. The lowest BCUT2D eigenvalue weighted by Gasteiger charge is -2.04. The number of fused-ring (bicyclic) bond motifs is 2. The van der Waals surface area contributed by atoms with Gasteiger partial charge in [0.15, 0.2) is 16.6 Å². The Bertz CT molecular complexity index is 657. The van der Waals surface area contributed by atoms with Crippen LogP contribution in [0, 0.1) is 0 Å². The number of alkyl halides is 2. The van der Waals surface area contributed by atoms with Crippen molar-refractivity contribution in [3.05, 3.63) is 12.1 Å². The molecule has 1 amide bonds. The summed E-state index contributed by atoms with van der Waals surface area (Å²) in [6.07, 6.45) is -3.65. The van der Waals surface area contributed by atoms with Crippen LogP contribution in [-0.2, 0) is 4.79 Å². The van der Waals surface area contributed by atoms with Gasteiger partial charge < -0.3 is 20.5 Å². The topological polar surface area (TPSA) is 86.5 Å². The molecule has 1 aromatic carbocycles. The van der Waals surface area contributed by atoms with E-state index in [0.29, 0.717) is 15.3 Å². The molecule has 3 rings (SSSR count). The van der Waals surface area contributed by atoms with E-state index in [2.05, 4.69) is 19.8 Å². The van der Waals surface area contributed by atoms with E-state index >= 15 is 0 Å². The number of amides is 1. The van der Waals surface area contributed by atoms with Gasteiger partial charge in [-0.25, -0.2) is 4.98 Å². The first-order valence-electron chi connectivity index (χ1n) is 5.61. The average molecular weight is 301 g/mol. The fraction of sp³-hybridized carbons (Fsp3) is 0.273. The van der Waals surface area contributed by atoms with Gasteiger partial charge >= 0.3 is 6.29 Å². The molecular formula is C11H9F2N3O3S. The molecule has 20 heavy (non-hydrogen) atoms. The first-order valence-corrected chi connectivity index (χ1v) is 6.42. The lowest BCUT2D eigenvalue weighted by molar-refractivity contribution is -0.286. The first-order chi connectivity index (χ1) is 9.34. The normalized spacial score (nSPS) is 17.2. The lowest BCUT2D eigenvalue weighted by Crippen LogP contribution is -2.32. The number of ether oxygens (including phenoxy) is 2. The molecule has 1 aliphatic heterocycles. The minimum absolute atomic E-state index is 0.0591. The highest BCUT2D eigenvalue weighted by molar-refractivity contribution is 7.22.